The highest BCUT2D eigenvalue weighted by Gasteiger charge is 2.14. The molecule has 2 aromatic heterocycles. The Labute approximate surface area is 138 Å². The second kappa shape index (κ2) is 6.31. The smallest absolute Gasteiger partial charge is 0.254 e. The van der Waals surface area contributed by atoms with Gasteiger partial charge in [-0.2, -0.15) is 0 Å². The lowest BCUT2D eigenvalue weighted by Gasteiger charge is -2.16. The molecule has 0 bridgehead atoms. The minimum Gasteiger partial charge on any atom is -0.357 e. The summed E-state index contributed by atoms with van der Waals surface area (Å²) in [6, 6.07) is 9.31. The van der Waals surface area contributed by atoms with Crippen LogP contribution in [0.15, 0.2) is 47.4 Å². The highest BCUT2D eigenvalue weighted by Crippen LogP contribution is 2.18. The lowest BCUT2D eigenvalue weighted by molar-refractivity contribution is 0.0783. The van der Waals surface area contributed by atoms with E-state index in [1.807, 2.05) is 13.0 Å². The molecule has 0 aliphatic rings. The summed E-state index contributed by atoms with van der Waals surface area (Å²) >= 11 is 0. The van der Waals surface area contributed by atoms with Gasteiger partial charge in [-0.15, -0.1) is 0 Å². The normalized spacial score (nSPS) is 11.0. The molecule has 0 fully saturated rings. The van der Waals surface area contributed by atoms with Crippen LogP contribution >= 0.6 is 0 Å². The Morgan fingerprint density at radius 2 is 2.04 bits per heavy atom. The lowest BCUT2D eigenvalue weighted by Crippen LogP contribution is -2.28. The van der Waals surface area contributed by atoms with Crippen LogP contribution in [0.2, 0.25) is 0 Å². The van der Waals surface area contributed by atoms with E-state index in [2.05, 4.69) is 4.98 Å². The van der Waals surface area contributed by atoms with Crippen molar-refractivity contribution in [3.63, 3.8) is 0 Å². The van der Waals surface area contributed by atoms with Crippen molar-refractivity contribution in [1.29, 1.82) is 0 Å². The van der Waals surface area contributed by atoms with Crippen molar-refractivity contribution in [2.75, 3.05) is 7.05 Å². The van der Waals surface area contributed by atoms with Crippen LogP contribution in [-0.2, 0) is 13.1 Å². The summed E-state index contributed by atoms with van der Waals surface area (Å²) in [5.74, 6) is -0.533. The second-order valence-electron chi connectivity index (χ2n) is 5.73. The monoisotopic (exact) mass is 327 g/mol. The summed E-state index contributed by atoms with van der Waals surface area (Å²) < 4.78 is 14.8. The Morgan fingerprint density at radius 3 is 2.75 bits per heavy atom. The molecule has 1 aromatic carbocycles. The standard InChI is InChI=1S/C18H18FN3O2/c1-3-22-7-6-12(10-17(22)23)18(24)21(2)11-15-9-13-8-14(19)4-5-16(13)20-15/h4-10,20H,3,11H2,1-2H3. The molecule has 3 aromatic rings. The van der Waals surface area contributed by atoms with Crippen LogP contribution in [-0.4, -0.2) is 27.4 Å². The number of hydrogen-bond donors (Lipinski definition) is 1. The van der Waals surface area contributed by atoms with E-state index < -0.39 is 0 Å². The molecular weight excluding hydrogens is 309 g/mol. The van der Waals surface area contributed by atoms with E-state index in [0.29, 0.717) is 18.7 Å². The number of fused-ring (bicyclic) bond motifs is 1. The van der Waals surface area contributed by atoms with Gasteiger partial charge in [0.1, 0.15) is 5.82 Å². The summed E-state index contributed by atoms with van der Waals surface area (Å²) in [4.78, 5) is 29.0. The number of carbonyl (C=O) groups excluding carboxylic acids is 1. The van der Waals surface area contributed by atoms with Crippen LogP contribution in [0.25, 0.3) is 10.9 Å². The van der Waals surface area contributed by atoms with E-state index in [1.165, 1.54) is 27.7 Å². The van der Waals surface area contributed by atoms with Gasteiger partial charge in [0.2, 0.25) is 0 Å². The van der Waals surface area contributed by atoms with Crippen molar-refractivity contribution in [3.05, 3.63) is 70.0 Å². The molecule has 24 heavy (non-hydrogen) atoms. The second-order valence-corrected chi connectivity index (χ2v) is 5.73. The molecular formula is C18H18FN3O2. The molecule has 5 nitrogen and oxygen atoms in total. The fourth-order valence-corrected chi connectivity index (χ4v) is 2.70. The molecule has 0 spiro atoms. The average molecular weight is 327 g/mol. The Morgan fingerprint density at radius 1 is 1.25 bits per heavy atom. The van der Waals surface area contributed by atoms with E-state index in [-0.39, 0.29) is 17.3 Å². The van der Waals surface area contributed by atoms with E-state index in [0.717, 1.165) is 16.6 Å². The highest BCUT2D eigenvalue weighted by molar-refractivity contribution is 5.93. The first-order valence-electron chi connectivity index (χ1n) is 7.71. The molecule has 124 valence electrons. The minimum absolute atomic E-state index is 0.196. The maximum absolute atomic E-state index is 13.2. The maximum atomic E-state index is 13.2. The molecule has 0 aliphatic heterocycles. The number of hydrogen-bond acceptors (Lipinski definition) is 2. The third-order valence-corrected chi connectivity index (χ3v) is 3.98. The van der Waals surface area contributed by atoms with Crippen LogP contribution in [0.4, 0.5) is 4.39 Å². The van der Waals surface area contributed by atoms with Crippen molar-refractivity contribution in [2.45, 2.75) is 20.0 Å². The number of H-pyrrole nitrogens is 1. The predicted molar refractivity (Wildman–Crippen MR) is 90.4 cm³/mol. The third-order valence-electron chi connectivity index (χ3n) is 3.98. The van der Waals surface area contributed by atoms with Gasteiger partial charge in [0.25, 0.3) is 11.5 Å². The van der Waals surface area contributed by atoms with Gasteiger partial charge >= 0.3 is 0 Å². The molecule has 2 heterocycles. The number of aryl methyl sites for hydroxylation is 1. The Bertz CT molecular complexity index is 958. The van der Waals surface area contributed by atoms with Crippen LogP contribution in [0.3, 0.4) is 0 Å². The zero-order chi connectivity index (χ0) is 17.3. The molecule has 3 rings (SSSR count). The highest BCUT2D eigenvalue weighted by atomic mass is 19.1. The van der Waals surface area contributed by atoms with Crippen LogP contribution in [0.1, 0.15) is 23.0 Å². The van der Waals surface area contributed by atoms with Gasteiger partial charge < -0.3 is 14.5 Å². The van der Waals surface area contributed by atoms with Crippen LogP contribution in [0, 0.1) is 5.82 Å². The van der Waals surface area contributed by atoms with E-state index >= 15 is 0 Å². The van der Waals surface area contributed by atoms with E-state index in [9.17, 15) is 14.0 Å². The van der Waals surface area contributed by atoms with Crippen molar-refractivity contribution >= 4 is 16.8 Å². The third kappa shape index (κ3) is 3.08. The zero-order valence-electron chi connectivity index (χ0n) is 13.5. The number of aromatic amines is 1. The molecule has 0 saturated heterocycles. The van der Waals surface area contributed by atoms with E-state index in [4.69, 9.17) is 0 Å². The van der Waals surface area contributed by atoms with Crippen molar-refractivity contribution in [3.8, 4) is 0 Å². The topological polar surface area (TPSA) is 58.1 Å². The van der Waals surface area contributed by atoms with Gasteiger partial charge in [0, 0.05) is 48.0 Å². The Balaban J connectivity index is 1.80. The zero-order valence-corrected chi connectivity index (χ0v) is 13.5. The summed E-state index contributed by atoms with van der Waals surface area (Å²) in [7, 11) is 1.67. The fourth-order valence-electron chi connectivity index (χ4n) is 2.70. The number of aromatic nitrogens is 2. The molecule has 1 amide bonds. The van der Waals surface area contributed by atoms with Crippen molar-refractivity contribution < 1.29 is 9.18 Å². The van der Waals surface area contributed by atoms with Gasteiger partial charge in [-0.3, -0.25) is 9.59 Å². The van der Waals surface area contributed by atoms with Gasteiger partial charge in [0.05, 0.1) is 6.54 Å². The minimum atomic E-state index is -0.297. The van der Waals surface area contributed by atoms with Crippen LogP contribution < -0.4 is 5.56 Å². The van der Waals surface area contributed by atoms with E-state index in [1.54, 1.807) is 25.4 Å². The Kier molecular flexibility index (Phi) is 4.20. The molecule has 0 atom stereocenters. The number of rotatable bonds is 4. The number of nitrogens with zero attached hydrogens (tertiary/aromatic N) is 2. The molecule has 6 heteroatoms. The summed E-state index contributed by atoms with van der Waals surface area (Å²) in [6.45, 7) is 2.77. The predicted octanol–water partition coefficient (Wildman–Crippen LogP) is 2.76. The van der Waals surface area contributed by atoms with Crippen molar-refractivity contribution in [1.82, 2.24) is 14.5 Å². The maximum Gasteiger partial charge on any atom is 0.254 e. The number of halogens is 1. The first-order valence-corrected chi connectivity index (χ1v) is 7.71. The number of pyridine rings is 1. The Hall–Kier alpha value is -2.89. The SMILES string of the molecule is CCn1ccc(C(=O)N(C)Cc2cc3cc(F)ccc3[nH]2)cc1=O. The first-order chi connectivity index (χ1) is 11.5. The average Bonchev–Trinajstić information content (AvgIpc) is 2.95. The van der Waals surface area contributed by atoms with Gasteiger partial charge in [-0.05, 0) is 37.3 Å². The van der Waals surface area contributed by atoms with Gasteiger partial charge in [-0.25, -0.2) is 4.39 Å². The quantitative estimate of drug-likeness (QED) is 0.801. The molecule has 0 aliphatic carbocycles. The fraction of sp³-hybridized carbons (Fsp3) is 0.222. The summed E-state index contributed by atoms with van der Waals surface area (Å²) in [6.07, 6.45) is 1.62. The number of nitrogens with one attached hydrogen (secondary N) is 1. The molecule has 0 unspecified atom stereocenters. The largest absolute Gasteiger partial charge is 0.357 e. The molecule has 1 N–H and O–H groups in total. The first kappa shape index (κ1) is 16.0. The summed E-state index contributed by atoms with van der Waals surface area (Å²) in [5, 5.41) is 0.761. The number of carbonyl (C=O) groups is 1. The molecule has 0 saturated carbocycles. The van der Waals surface area contributed by atoms with Gasteiger partial charge in [0.15, 0.2) is 0 Å². The number of benzene rings is 1. The van der Waals surface area contributed by atoms with Crippen molar-refractivity contribution in [2.24, 2.45) is 0 Å². The lowest BCUT2D eigenvalue weighted by atomic mass is 10.2. The van der Waals surface area contributed by atoms with Gasteiger partial charge in [-0.1, -0.05) is 0 Å². The molecule has 0 radical (unpaired) electrons. The van der Waals surface area contributed by atoms with Crippen LogP contribution in [0.5, 0.6) is 0 Å². The number of amides is 1. The summed E-state index contributed by atoms with van der Waals surface area (Å²) in [5.41, 5.74) is 1.78.